The highest BCUT2D eigenvalue weighted by Gasteiger charge is 2.07. The van der Waals surface area contributed by atoms with Gasteiger partial charge >= 0.3 is 5.97 Å². The summed E-state index contributed by atoms with van der Waals surface area (Å²) >= 11 is 0. The summed E-state index contributed by atoms with van der Waals surface area (Å²) in [5.41, 5.74) is 3.32. The Labute approximate surface area is 157 Å². The number of benzene rings is 3. The van der Waals surface area contributed by atoms with E-state index in [2.05, 4.69) is 10.1 Å². The Kier molecular flexibility index (Phi) is 5.84. The second-order valence-electron chi connectivity index (χ2n) is 5.80. The van der Waals surface area contributed by atoms with Gasteiger partial charge in [0, 0.05) is 5.69 Å². The number of amides is 1. The lowest BCUT2D eigenvalue weighted by Crippen LogP contribution is -2.20. The topological polar surface area (TPSA) is 64.6 Å². The Bertz CT molecular complexity index is 903. The van der Waals surface area contributed by atoms with Crippen LogP contribution in [0.2, 0.25) is 0 Å². The van der Waals surface area contributed by atoms with E-state index in [1.807, 2.05) is 54.6 Å². The fourth-order valence-electron chi connectivity index (χ4n) is 2.53. The van der Waals surface area contributed by atoms with Crippen molar-refractivity contribution in [1.82, 2.24) is 0 Å². The van der Waals surface area contributed by atoms with E-state index in [4.69, 9.17) is 4.74 Å². The molecule has 3 aromatic rings. The molecule has 0 aliphatic heterocycles. The molecule has 3 rings (SSSR count). The van der Waals surface area contributed by atoms with Crippen LogP contribution in [0.1, 0.15) is 10.4 Å². The number of rotatable bonds is 6. The monoisotopic (exact) mass is 361 g/mol. The van der Waals surface area contributed by atoms with Crippen molar-refractivity contribution in [3.05, 3.63) is 84.4 Å². The predicted octanol–water partition coefficient (Wildman–Crippen LogP) is 4.16. The van der Waals surface area contributed by atoms with Crippen LogP contribution in [0, 0.1) is 0 Å². The number of carbonyl (C=O) groups is 2. The molecule has 3 aromatic carbocycles. The highest BCUT2D eigenvalue weighted by Crippen LogP contribution is 2.21. The number of esters is 1. The summed E-state index contributed by atoms with van der Waals surface area (Å²) in [5, 5.41) is 2.79. The minimum Gasteiger partial charge on any atom is -0.484 e. The van der Waals surface area contributed by atoms with Gasteiger partial charge in [0.1, 0.15) is 5.75 Å². The minimum absolute atomic E-state index is 0.127. The second-order valence-corrected chi connectivity index (χ2v) is 5.80. The van der Waals surface area contributed by atoms with Crippen LogP contribution in [0.5, 0.6) is 5.75 Å². The third kappa shape index (κ3) is 4.95. The Hall–Kier alpha value is -3.60. The van der Waals surface area contributed by atoms with E-state index in [1.165, 1.54) is 7.11 Å². The van der Waals surface area contributed by atoms with Crippen LogP contribution in [0.15, 0.2) is 78.9 Å². The first kappa shape index (κ1) is 18.2. The zero-order valence-electron chi connectivity index (χ0n) is 14.8. The van der Waals surface area contributed by atoms with E-state index < -0.39 is 5.97 Å². The van der Waals surface area contributed by atoms with Gasteiger partial charge in [-0.05, 0) is 47.5 Å². The molecular weight excluding hydrogens is 342 g/mol. The Morgan fingerprint density at radius 1 is 0.815 bits per heavy atom. The van der Waals surface area contributed by atoms with Crippen molar-refractivity contribution in [3.63, 3.8) is 0 Å². The molecule has 0 radical (unpaired) electrons. The van der Waals surface area contributed by atoms with Crippen molar-refractivity contribution >= 4 is 17.6 Å². The maximum Gasteiger partial charge on any atom is 0.337 e. The van der Waals surface area contributed by atoms with Crippen molar-refractivity contribution in [2.45, 2.75) is 0 Å². The van der Waals surface area contributed by atoms with Gasteiger partial charge in [0.25, 0.3) is 5.91 Å². The third-order valence-electron chi connectivity index (χ3n) is 3.92. The lowest BCUT2D eigenvalue weighted by molar-refractivity contribution is -0.118. The van der Waals surface area contributed by atoms with Crippen molar-refractivity contribution < 1.29 is 19.1 Å². The molecule has 0 aliphatic carbocycles. The molecule has 0 aromatic heterocycles. The molecule has 0 saturated heterocycles. The molecule has 0 heterocycles. The maximum atomic E-state index is 12.1. The summed E-state index contributed by atoms with van der Waals surface area (Å²) in [6.07, 6.45) is 0. The van der Waals surface area contributed by atoms with E-state index in [-0.39, 0.29) is 12.5 Å². The normalized spacial score (nSPS) is 10.1. The third-order valence-corrected chi connectivity index (χ3v) is 3.92. The first-order valence-corrected chi connectivity index (χ1v) is 8.42. The Morgan fingerprint density at radius 3 is 2.07 bits per heavy atom. The summed E-state index contributed by atoms with van der Waals surface area (Å²) in [5.74, 6) is -0.185. The average molecular weight is 361 g/mol. The largest absolute Gasteiger partial charge is 0.484 e. The molecular formula is C22H19NO4. The smallest absolute Gasteiger partial charge is 0.337 e. The average Bonchev–Trinajstić information content (AvgIpc) is 2.73. The van der Waals surface area contributed by atoms with Gasteiger partial charge in [-0.1, -0.05) is 42.5 Å². The predicted molar refractivity (Wildman–Crippen MR) is 104 cm³/mol. The van der Waals surface area contributed by atoms with Crippen molar-refractivity contribution in [2.75, 3.05) is 19.0 Å². The SMILES string of the molecule is COC(=O)c1ccc(OCC(=O)Nc2ccc(-c3ccccc3)cc2)cc1. The molecule has 27 heavy (non-hydrogen) atoms. The fraction of sp³-hybridized carbons (Fsp3) is 0.0909. The molecule has 1 N–H and O–H groups in total. The van der Waals surface area contributed by atoms with Crippen LogP contribution in [0.25, 0.3) is 11.1 Å². The van der Waals surface area contributed by atoms with Crippen LogP contribution in [0.4, 0.5) is 5.69 Å². The van der Waals surface area contributed by atoms with Crippen LogP contribution < -0.4 is 10.1 Å². The standard InChI is InChI=1S/C22H19NO4/c1-26-22(25)18-9-13-20(14-10-18)27-15-21(24)23-19-11-7-17(8-12-19)16-5-3-2-4-6-16/h2-14H,15H2,1H3,(H,23,24). The molecule has 5 heteroatoms. The quantitative estimate of drug-likeness (QED) is 0.670. The number of methoxy groups -OCH3 is 1. The maximum absolute atomic E-state index is 12.1. The zero-order chi connectivity index (χ0) is 19.1. The van der Waals surface area contributed by atoms with Crippen LogP contribution in [-0.4, -0.2) is 25.6 Å². The molecule has 136 valence electrons. The summed E-state index contributed by atoms with van der Waals surface area (Å²) in [6, 6.07) is 24.0. The molecule has 0 atom stereocenters. The molecule has 0 fully saturated rings. The number of carbonyl (C=O) groups excluding carboxylic acids is 2. The Morgan fingerprint density at radius 2 is 1.44 bits per heavy atom. The van der Waals surface area contributed by atoms with Crippen molar-refractivity contribution in [2.24, 2.45) is 0 Å². The molecule has 1 amide bonds. The van der Waals surface area contributed by atoms with Gasteiger partial charge in [-0.2, -0.15) is 0 Å². The van der Waals surface area contributed by atoms with Gasteiger partial charge in [0.15, 0.2) is 6.61 Å². The van der Waals surface area contributed by atoms with E-state index in [9.17, 15) is 9.59 Å². The summed E-state index contributed by atoms with van der Waals surface area (Å²) in [7, 11) is 1.32. The molecule has 0 bridgehead atoms. The van der Waals surface area contributed by atoms with Crippen LogP contribution >= 0.6 is 0 Å². The lowest BCUT2D eigenvalue weighted by atomic mass is 10.1. The van der Waals surface area contributed by atoms with Gasteiger partial charge in [0.05, 0.1) is 12.7 Å². The van der Waals surface area contributed by atoms with Gasteiger partial charge in [0.2, 0.25) is 0 Å². The van der Waals surface area contributed by atoms with Gasteiger partial charge in [-0.15, -0.1) is 0 Å². The fourth-order valence-corrected chi connectivity index (χ4v) is 2.53. The number of hydrogen-bond acceptors (Lipinski definition) is 4. The van der Waals surface area contributed by atoms with E-state index in [0.717, 1.165) is 11.1 Å². The van der Waals surface area contributed by atoms with Gasteiger partial charge in [-0.3, -0.25) is 4.79 Å². The van der Waals surface area contributed by atoms with Crippen LogP contribution in [0.3, 0.4) is 0 Å². The number of anilines is 1. The van der Waals surface area contributed by atoms with Crippen LogP contribution in [-0.2, 0) is 9.53 Å². The number of hydrogen-bond donors (Lipinski definition) is 1. The molecule has 0 spiro atoms. The van der Waals surface area contributed by atoms with Crippen molar-refractivity contribution in [3.8, 4) is 16.9 Å². The Balaban J connectivity index is 1.52. The van der Waals surface area contributed by atoms with E-state index in [1.54, 1.807) is 24.3 Å². The highest BCUT2D eigenvalue weighted by atomic mass is 16.5. The summed E-state index contributed by atoms with van der Waals surface area (Å²) in [6.45, 7) is -0.127. The zero-order valence-corrected chi connectivity index (χ0v) is 14.8. The lowest BCUT2D eigenvalue weighted by Gasteiger charge is -2.09. The first-order valence-electron chi connectivity index (χ1n) is 8.42. The minimum atomic E-state index is -0.418. The summed E-state index contributed by atoms with van der Waals surface area (Å²) in [4.78, 5) is 23.4. The second kappa shape index (κ2) is 8.67. The van der Waals surface area contributed by atoms with E-state index >= 15 is 0 Å². The van der Waals surface area contributed by atoms with Crippen molar-refractivity contribution in [1.29, 1.82) is 0 Å². The molecule has 0 saturated carbocycles. The van der Waals surface area contributed by atoms with Gasteiger partial charge in [-0.25, -0.2) is 4.79 Å². The molecule has 0 aliphatic rings. The number of ether oxygens (including phenoxy) is 2. The molecule has 0 unspecified atom stereocenters. The molecule has 5 nitrogen and oxygen atoms in total. The summed E-state index contributed by atoms with van der Waals surface area (Å²) < 4.78 is 10.1. The first-order chi connectivity index (χ1) is 13.2. The highest BCUT2D eigenvalue weighted by molar-refractivity contribution is 5.92. The number of nitrogens with one attached hydrogen (secondary N) is 1. The van der Waals surface area contributed by atoms with Gasteiger partial charge < -0.3 is 14.8 Å². The van der Waals surface area contributed by atoms with E-state index in [0.29, 0.717) is 17.0 Å².